The zero-order valence-electron chi connectivity index (χ0n) is 26.5. The van der Waals surface area contributed by atoms with E-state index >= 15 is 0 Å². The van der Waals surface area contributed by atoms with Gasteiger partial charge in [0.1, 0.15) is 0 Å². The fourth-order valence-corrected chi connectivity index (χ4v) is 9.27. The van der Waals surface area contributed by atoms with Crippen molar-refractivity contribution in [3.63, 3.8) is 0 Å². The summed E-state index contributed by atoms with van der Waals surface area (Å²) in [5.41, 5.74) is 10.7. The molecule has 0 saturated heterocycles. The molecule has 0 saturated carbocycles. The van der Waals surface area contributed by atoms with Gasteiger partial charge in [0, 0.05) is 58.1 Å². The lowest BCUT2D eigenvalue weighted by atomic mass is 9.92. The van der Waals surface area contributed by atoms with Gasteiger partial charge in [-0.15, -0.1) is 0 Å². The number of rotatable bonds is 17. The first-order valence-corrected chi connectivity index (χ1v) is 19.9. The Hall–Kier alpha value is -2.44. The van der Waals surface area contributed by atoms with Crippen molar-refractivity contribution < 1.29 is 0 Å². The Morgan fingerprint density at radius 2 is 0.932 bits per heavy atom. The van der Waals surface area contributed by atoms with Gasteiger partial charge >= 0.3 is 0 Å². The van der Waals surface area contributed by atoms with E-state index in [0.29, 0.717) is 0 Å². The Kier molecular flexibility index (Phi) is 12.0. The summed E-state index contributed by atoms with van der Waals surface area (Å²) in [5, 5.41) is 10.3. The maximum absolute atomic E-state index is 4.98. The summed E-state index contributed by atoms with van der Waals surface area (Å²) >= 11 is 0. The molecule has 0 atom stereocenters. The second-order valence-corrected chi connectivity index (χ2v) is 15.3. The molecule has 44 heavy (non-hydrogen) atoms. The minimum atomic E-state index is 1.07. The first kappa shape index (κ1) is 31.5. The molecule has 0 aliphatic heterocycles. The van der Waals surface area contributed by atoms with E-state index in [1.54, 1.807) is 0 Å². The lowest BCUT2D eigenvalue weighted by Gasteiger charge is -2.21. The van der Waals surface area contributed by atoms with E-state index in [4.69, 9.17) is 9.97 Å². The number of aryl methyl sites for hydroxylation is 2. The molecule has 4 aromatic rings. The van der Waals surface area contributed by atoms with E-state index < -0.39 is 0 Å². The largest absolute Gasteiger partial charge is 0.384 e. The molecule has 0 radical (unpaired) electrons. The van der Waals surface area contributed by atoms with Gasteiger partial charge in [-0.05, 0) is 100 Å². The van der Waals surface area contributed by atoms with Gasteiger partial charge in [0.15, 0.2) is 0 Å². The summed E-state index contributed by atoms with van der Waals surface area (Å²) in [6, 6.07) is 17.3. The van der Waals surface area contributed by atoms with Gasteiger partial charge in [-0.25, -0.2) is 0 Å². The smallest absolute Gasteiger partial charge is 0.0726 e. The van der Waals surface area contributed by atoms with Crippen molar-refractivity contribution in [2.45, 2.75) is 103 Å². The van der Waals surface area contributed by atoms with Gasteiger partial charge in [0.25, 0.3) is 0 Å². The van der Waals surface area contributed by atoms with Crippen LogP contribution in [0.25, 0.3) is 21.8 Å². The zero-order valence-corrected chi connectivity index (χ0v) is 28.1. The highest BCUT2D eigenvalue weighted by Crippen LogP contribution is 2.34. The Balaban J connectivity index is 0.792. The quantitative estimate of drug-likeness (QED) is 0.0898. The van der Waals surface area contributed by atoms with Crippen molar-refractivity contribution in [1.82, 2.24) is 9.97 Å². The SMILES string of the molecule is c1ccc2c(NCCCCCCSSCCCCCCNc3c4c(nc5ccccc35)CCCC4)c3c(nc2c1)CCCC3. The summed E-state index contributed by atoms with van der Waals surface area (Å²) in [4.78, 5) is 9.96. The van der Waals surface area contributed by atoms with Crippen LogP contribution in [0.3, 0.4) is 0 Å². The Labute approximate surface area is 272 Å². The van der Waals surface area contributed by atoms with Crippen molar-refractivity contribution in [1.29, 1.82) is 0 Å². The van der Waals surface area contributed by atoms with Crippen molar-refractivity contribution in [2.75, 3.05) is 35.2 Å². The molecule has 2 aromatic carbocycles. The van der Waals surface area contributed by atoms with Gasteiger partial charge < -0.3 is 10.6 Å². The molecule has 0 amide bonds. The van der Waals surface area contributed by atoms with Crippen LogP contribution < -0.4 is 10.6 Å². The second-order valence-electron chi connectivity index (χ2n) is 12.6. The lowest BCUT2D eigenvalue weighted by molar-refractivity contribution is 0.668. The van der Waals surface area contributed by atoms with E-state index in [-0.39, 0.29) is 0 Å². The standard InChI is InChI=1S/C38H50N4S2/c1(13-25-39-37-29-17-5-9-21-33(29)41-34-22-10-6-18-30(34)37)3-15-27-43-44-28-16-4-2-14-26-40-38-31-19-7-11-23-35(31)42-36-24-12-8-20-32(36)38/h5,7,9,11,17,19,21,23H,1-4,6,8,10,12-16,18,20,22,24-28H2,(H,39,41)(H,40,42). The molecule has 2 heterocycles. The first-order chi connectivity index (χ1) is 21.9. The molecule has 0 unspecified atom stereocenters. The van der Waals surface area contributed by atoms with E-state index in [1.807, 2.05) is 0 Å². The van der Waals surface area contributed by atoms with Crippen molar-refractivity contribution in [3.8, 4) is 0 Å². The minimum Gasteiger partial charge on any atom is -0.384 e. The highest BCUT2D eigenvalue weighted by molar-refractivity contribution is 8.76. The van der Waals surface area contributed by atoms with Crippen molar-refractivity contribution in [3.05, 3.63) is 71.0 Å². The third kappa shape index (κ3) is 8.23. The van der Waals surface area contributed by atoms with Gasteiger partial charge in [0.2, 0.25) is 0 Å². The molecule has 6 rings (SSSR count). The summed E-state index contributed by atoms with van der Waals surface area (Å²) in [6.45, 7) is 2.14. The van der Waals surface area contributed by atoms with Crippen LogP contribution in [0.15, 0.2) is 48.5 Å². The zero-order chi connectivity index (χ0) is 29.8. The number of fused-ring (bicyclic) bond motifs is 4. The molecule has 234 valence electrons. The van der Waals surface area contributed by atoms with Gasteiger partial charge in [0.05, 0.1) is 11.0 Å². The van der Waals surface area contributed by atoms with Gasteiger partial charge in [-0.3, -0.25) is 9.97 Å². The monoisotopic (exact) mass is 626 g/mol. The molecule has 2 aliphatic carbocycles. The highest BCUT2D eigenvalue weighted by atomic mass is 33.1. The van der Waals surface area contributed by atoms with E-state index in [9.17, 15) is 0 Å². The number of nitrogens with one attached hydrogen (secondary N) is 2. The van der Waals surface area contributed by atoms with Crippen LogP contribution >= 0.6 is 21.6 Å². The summed E-state index contributed by atoms with van der Waals surface area (Å²) in [7, 11) is 4.17. The van der Waals surface area contributed by atoms with Crippen LogP contribution in [0.1, 0.15) is 99.6 Å². The number of aromatic nitrogens is 2. The van der Waals surface area contributed by atoms with Gasteiger partial charge in [-0.1, -0.05) is 83.7 Å². The van der Waals surface area contributed by atoms with Crippen LogP contribution in [-0.4, -0.2) is 34.6 Å². The molecular formula is C38H50N4S2. The predicted molar refractivity (Wildman–Crippen MR) is 196 cm³/mol. The fraction of sp³-hybridized carbons (Fsp3) is 0.526. The van der Waals surface area contributed by atoms with Crippen molar-refractivity contribution >= 4 is 54.8 Å². The molecular weight excluding hydrogens is 577 g/mol. The highest BCUT2D eigenvalue weighted by Gasteiger charge is 2.19. The number of unbranched alkanes of at least 4 members (excludes halogenated alkanes) is 6. The summed E-state index contributed by atoms with van der Waals surface area (Å²) in [5.74, 6) is 2.57. The predicted octanol–water partition coefficient (Wildman–Crippen LogP) is 10.6. The second kappa shape index (κ2) is 16.7. The number of hydrogen-bond donors (Lipinski definition) is 2. The number of hydrogen-bond acceptors (Lipinski definition) is 6. The van der Waals surface area contributed by atoms with Crippen LogP contribution in [0, 0.1) is 0 Å². The van der Waals surface area contributed by atoms with E-state index in [2.05, 4.69) is 80.8 Å². The number of nitrogens with zero attached hydrogens (tertiary/aromatic N) is 2. The molecule has 0 bridgehead atoms. The third-order valence-electron chi connectivity index (χ3n) is 9.33. The van der Waals surface area contributed by atoms with Gasteiger partial charge in [-0.2, -0.15) is 0 Å². The molecule has 4 nitrogen and oxygen atoms in total. The number of anilines is 2. The maximum Gasteiger partial charge on any atom is 0.0726 e. The molecule has 2 aromatic heterocycles. The number of benzene rings is 2. The average molecular weight is 627 g/mol. The Morgan fingerprint density at radius 3 is 1.43 bits per heavy atom. The Bertz CT molecular complexity index is 1390. The molecule has 0 fully saturated rings. The average Bonchev–Trinajstić information content (AvgIpc) is 3.07. The van der Waals surface area contributed by atoms with Crippen LogP contribution in [0.4, 0.5) is 11.4 Å². The molecule has 2 N–H and O–H groups in total. The summed E-state index contributed by atoms with van der Waals surface area (Å²) < 4.78 is 0. The fourth-order valence-electron chi connectivity index (χ4n) is 6.97. The minimum absolute atomic E-state index is 1.07. The van der Waals surface area contributed by atoms with E-state index in [0.717, 1.165) is 37.0 Å². The lowest BCUT2D eigenvalue weighted by Crippen LogP contribution is -2.12. The number of para-hydroxylation sites is 2. The Morgan fingerprint density at radius 1 is 0.500 bits per heavy atom. The van der Waals surface area contributed by atoms with Crippen molar-refractivity contribution in [2.24, 2.45) is 0 Å². The number of pyridine rings is 2. The normalized spacial score (nSPS) is 14.5. The molecule has 6 heteroatoms. The van der Waals surface area contributed by atoms with Crippen LogP contribution in [0.5, 0.6) is 0 Å². The van der Waals surface area contributed by atoms with E-state index in [1.165, 1.54) is 146 Å². The molecule has 0 spiro atoms. The topological polar surface area (TPSA) is 49.8 Å². The van der Waals surface area contributed by atoms with Crippen LogP contribution in [-0.2, 0) is 25.7 Å². The van der Waals surface area contributed by atoms with Crippen LogP contribution in [0.2, 0.25) is 0 Å². The first-order valence-electron chi connectivity index (χ1n) is 17.4. The maximum atomic E-state index is 4.98. The third-order valence-corrected chi connectivity index (χ3v) is 11.9. The summed E-state index contributed by atoms with van der Waals surface area (Å²) in [6.07, 6.45) is 20.2. The molecule has 2 aliphatic rings.